The monoisotopic (exact) mass is 493 g/mol. The van der Waals surface area contributed by atoms with E-state index < -0.39 is 17.0 Å². The number of imide groups is 1. The predicted molar refractivity (Wildman–Crippen MR) is 132 cm³/mol. The second-order valence-corrected chi connectivity index (χ2v) is 9.52. The molecule has 1 N–H and O–H groups in total. The molecule has 0 aliphatic carbocycles. The Morgan fingerprint density at radius 1 is 1.17 bits per heavy atom. The molecular weight excluding hydrogens is 469 g/mol. The number of carbonyl (C=O) groups excluding carboxylic acids is 3. The number of nitrogens with one attached hydrogen (secondary N) is 1. The number of fused-ring (bicyclic) bond motifs is 1. The van der Waals surface area contributed by atoms with E-state index in [-0.39, 0.29) is 35.6 Å². The molecule has 0 radical (unpaired) electrons. The number of hydrogen-bond acceptors (Lipinski definition) is 5. The van der Waals surface area contributed by atoms with Gasteiger partial charge in [0.1, 0.15) is 12.4 Å². The van der Waals surface area contributed by atoms with Crippen LogP contribution >= 0.6 is 11.8 Å². The number of nitrogens with zero attached hydrogens (tertiary/aromatic N) is 2. The zero-order valence-electron chi connectivity index (χ0n) is 18.9. The number of carbonyl (C=O) groups is 3. The van der Waals surface area contributed by atoms with Crippen molar-refractivity contribution < 1.29 is 23.5 Å². The average molecular weight is 494 g/mol. The Bertz CT molecular complexity index is 1330. The number of amides is 3. The van der Waals surface area contributed by atoms with Gasteiger partial charge in [-0.15, -0.1) is 0 Å². The van der Waals surface area contributed by atoms with Gasteiger partial charge in [0.2, 0.25) is 5.91 Å². The van der Waals surface area contributed by atoms with Gasteiger partial charge in [-0.05, 0) is 42.8 Å². The SMILES string of the molecule is O=C(Cn1cc(/C=C2\SC(=O)N(Cc3ccccc3F)C2=O)c2ccccc21)NC[C@@H]1CCCO1. The molecule has 35 heavy (non-hydrogen) atoms. The molecule has 2 aromatic carbocycles. The van der Waals surface area contributed by atoms with Crippen LogP contribution in [-0.2, 0) is 27.4 Å². The van der Waals surface area contributed by atoms with Gasteiger partial charge in [-0.2, -0.15) is 0 Å². The quantitative estimate of drug-likeness (QED) is 0.496. The Balaban J connectivity index is 1.35. The van der Waals surface area contributed by atoms with Gasteiger partial charge in [0.25, 0.3) is 11.1 Å². The third-order valence-electron chi connectivity index (χ3n) is 6.13. The van der Waals surface area contributed by atoms with E-state index in [1.54, 1.807) is 30.5 Å². The lowest BCUT2D eigenvalue weighted by Gasteiger charge is -2.12. The maximum atomic E-state index is 14.1. The molecule has 2 aliphatic rings. The summed E-state index contributed by atoms with van der Waals surface area (Å²) < 4.78 is 21.4. The molecular formula is C26H24FN3O4S. The summed E-state index contributed by atoms with van der Waals surface area (Å²) in [6.45, 7) is 1.22. The van der Waals surface area contributed by atoms with Crippen molar-refractivity contribution in [2.45, 2.75) is 32.0 Å². The smallest absolute Gasteiger partial charge is 0.293 e. The first-order valence-corrected chi connectivity index (χ1v) is 12.3. The first-order chi connectivity index (χ1) is 17.0. The molecule has 7 nitrogen and oxygen atoms in total. The normalized spacial score (nSPS) is 19.3. The fourth-order valence-corrected chi connectivity index (χ4v) is 5.17. The summed E-state index contributed by atoms with van der Waals surface area (Å²) in [7, 11) is 0. The molecule has 9 heteroatoms. The van der Waals surface area contributed by atoms with Crippen molar-refractivity contribution in [2.75, 3.05) is 13.2 Å². The molecule has 2 saturated heterocycles. The molecule has 5 rings (SSSR count). The Morgan fingerprint density at radius 3 is 2.77 bits per heavy atom. The average Bonchev–Trinajstić information content (AvgIpc) is 3.56. The highest BCUT2D eigenvalue weighted by Gasteiger charge is 2.35. The molecule has 0 saturated carbocycles. The minimum atomic E-state index is -0.464. The number of thioether (sulfide) groups is 1. The van der Waals surface area contributed by atoms with Gasteiger partial charge in [-0.1, -0.05) is 36.4 Å². The third kappa shape index (κ3) is 5.01. The molecule has 1 aromatic heterocycles. The van der Waals surface area contributed by atoms with Crippen LogP contribution in [0.5, 0.6) is 0 Å². The zero-order chi connectivity index (χ0) is 24.4. The molecule has 1 atom stereocenters. The van der Waals surface area contributed by atoms with E-state index >= 15 is 0 Å². The standard InChI is InChI=1S/C26H24FN3O4S/c27-21-9-3-1-6-17(21)15-30-25(32)23(35-26(30)33)12-18-14-29(22-10-4-2-8-20(18)22)16-24(31)28-13-19-7-5-11-34-19/h1-4,6,8-10,12,14,19H,5,7,11,13,15-16H2,(H,28,31)/b23-12-/t19-/m0/s1. The van der Waals surface area contributed by atoms with Gasteiger partial charge in [-0.3, -0.25) is 19.3 Å². The molecule has 180 valence electrons. The summed E-state index contributed by atoms with van der Waals surface area (Å²) in [5.41, 5.74) is 1.85. The second kappa shape index (κ2) is 10.1. The largest absolute Gasteiger partial charge is 0.376 e. The molecule has 3 amide bonds. The van der Waals surface area contributed by atoms with Crippen LogP contribution in [0.3, 0.4) is 0 Å². The van der Waals surface area contributed by atoms with E-state index in [0.717, 1.165) is 52.6 Å². The highest BCUT2D eigenvalue weighted by molar-refractivity contribution is 8.18. The Hall–Kier alpha value is -3.43. The molecule has 0 unspecified atom stereocenters. The minimum Gasteiger partial charge on any atom is -0.376 e. The molecule has 3 aromatic rings. The van der Waals surface area contributed by atoms with Crippen LogP contribution in [0.4, 0.5) is 9.18 Å². The van der Waals surface area contributed by atoms with E-state index in [1.807, 2.05) is 28.8 Å². The first-order valence-electron chi connectivity index (χ1n) is 11.4. The third-order valence-corrected chi connectivity index (χ3v) is 7.04. The van der Waals surface area contributed by atoms with Gasteiger partial charge in [0, 0.05) is 41.4 Å². The van der Waals surface area contributed by atoms with Crippen LogP contribution in [0.15, 0.2) is 59.6 Å². The van der Waals surface area contributed by atoms with E-state index in [1.165, 1.54) is 6.07 Å². The number of halogens is 1. The Morgan fingerprint density at radius 2 is 1.97 bits per heavy atom. The van der Waals surface area contributed by atoms with Crippen LogP contribution in [0.25, 0.3) is 17.0 Å². The molecule has 3 heterocycles. The maximum Gasteiger partial charge on any atom is 0.293 e. The van der Waals surface area contributed by atoms with Crippen molar-refractivity contribution in [3.63, 3.8) is 0 Å². The van der Waals surface area contributed by atoms with Crippen molar-refractivity contribution in [1.82, 2.24) is 14.8 Å². The van der Waals surface area contributed by atoms with Crippen molar-refractivity contribution in [3.8, 4) is 0 Å². The summed E-state index contributed by atoms with van der Waals surface area (Å²) in [5.74, 6) is -1.05. The van der Waals surface area contributed by atoms with Crippen molar-refractivity contribution >= 4 is 45.8 Å². The fraction of sp³-hybridized carbons (Fsp3) is 0.269. The summed E-state index contributed by atoms with van der Waals surface area (Å²) in [5, 5.41) is 3.34. The summed E-state index contributed by atoms with van der Waals surface area (Å²) in [6.07, 6.45) is 5.49. The van der Waals surface area contributed by atoms with Crippen LogP contribution in [-0.4, -0.2) is 45.8 Å². The van der Waals surface area contributed by atoms with Crippen LogP contribution in [0.1, 0.15) is 24.0 Å². The van der Waals surface area contributed by atoms with Gasteiger partial charge in [0.15, 0.2) is 0 Å². The number of ether oxygens (including phenoxy) is 1. The second-order valence-electron chi connectivity index (χ2n) is 8.53. The lowest BCUT2D eigenvalue weighted by Crippen LogP contribution is -2.34. The van der Waals surface area contributed by atoms with Crippen molar-refractivity contribution in [1.29, 1.82) is 0 Å². The lowest BCUT2D eigenvalue weighted by atomic mass is 10.1. The topological polar surface area (TPSA) is 80.6 Å². The highest BCUT2D eigenvalue weighted by atomic mass is 32.2. The van der Waals surface area contributed by atoms with Gasteiger partial charge in [-0.25, -0.2) is 4.39 Å². The van der Waals surface area contributed by atoms with Crippen molar-refractivity contribution in [3.05, 3.63) is 76.6 Å². The van der Waals surface area contributed by atoms with Crippen LogP contribution < -0.4 is 5.32 Å². The van der Waals surface area contributed by atoms with Gasteiger partial charge in [0.05, 0.1) is 17.6 Å². The Kier molecular flexibility index (Phi) is 6.70. The number of hydrogen-bond donors (Lipinski definition) is 1. The first kappa shape index (κ1) is 23.3. The predicted octanol–water partition coefficient (Wildman–Crippen LogP) is 4.31. The maximum absolute atomic E-state index is 14.1. The highest BCUT2D eigenvalue weighted by Crippen LogP contribution is 2.35. The number of para-hydroxylation sites is 1. The Labute approximate surface area is 205 Å². The fourth-order valence-electron chi connectivity index (χ4n) is 4.34. The minimum absolute atomic E-state index is 0.0656. The van der Waals surface area contributed by atoms with E-state index in [9.17, 15) is 18.8 Å². The molecule has 2 fully saturated rings. The molecule has 0 spiro atoms. The number of benzene rings is 2. The summed E-state index contributed by atoms with van der Waals surface area (Å²) in [6, 6.07) is 13.7. The lowest BCUT2D eigenvalue weighted by molar-refractivity contribution is -0.123. The van der Waals surface area contributed by atoms with Gasteiger partial charge >= 0.3 is 0 Å². The number of rotatable bonds is 7. The number of aromatic nitrogens is 1. The summed E-state index contributed by atoms with van der Waals surface area (Å²) in [4.78, 5) is 39.4. The van der Waals surface area contributed by atoms with E-state index in [0.29, 0.717) is 6.54 Å². The summed E-state index contributed by atoms with van der Waals surface area (Å²) >= 11 is 0.829. The van der Waals surface area contributed by atoms with E-state index in [2.05, 4.69) is 5.32 Å². The van der Waals surface area contributed by atoms with Crippen LogP contribution in [0.2, 0.25) is 0 Å². The molecule has 2 aliphatic heterocycles. The molecule has 0 bridgehead atoms. The van der Waals surface area contributed by atoms with Crippen molar-refractivity contribution in [2.24, 2.45) is 0 Å². The zero-order valence-corrected chi connectivity index (χ0v) is 19.7. The van der Waals surface area contributed by atoms with Crippen LogP contribution in [0, 0.1) is 5.82 Å². The van der Waals surface area contributed by atoms with Gasteiger partial charge < -0.3 is 14.6 Å². The van der Waals surface area contributed by atoms with E-state index in [4.69, 9.17) is 4.74 Å².